The van der Waals surface area contributed by atoms with Crippen molar-refractivity contribution in [2.45, 2.75) is 25.8 Å². The Morgan fingerprint density at radius 3 is 2.56 bits per heavy atom. The third kappa shape index (κ3) is 4.89. The molecule has 5 nitrogen and oxygen atoms in total. The normalized spacial score (nSPS) is 12.0. The summed E-state index contributed by atoms with van der Waals surface area (Å²) >= 11 is 6.16. The molecule has 2 N–H and O–H groups in total. The molecule has 3 rings (SSSR count). The Kier molecular flexibility index (Phi) is 5.81. The minimum atomic E-state index is -0.205. The maximum atomic E-state index is 12.9. The van der Waals surface area contributed by atoms with Crippen LogP contribution >= 0.6 is 11.6 Å². The average Bonchev–Trinajstić information content (AvgIpc) is 3.04. The van der Waals surface area contributed by atoms with Gasteiger partial charge in [0.1, 0.15) is 11.6 Å². The van der Waals surface area contributed by atoms with Crippen LogP contribution < -0.4 is 0 Å². The Morgan fingerprint density at radius 1 is 1.22 bits per heavy atom. The molecular weight excluding hydrogens is 362 g/mol. The van der Waals surface area contributed by atoms with E-state index in [1.807, 2.05) is 31.2 Å². The number of imidazole rings is 1. The lowest BCUT2D eigenvalue weighted by Gasteiger charge is -2.22. The van der Waals surface area contributed by atoms with Crippen LogP contribution in [0.1, 0.15) is 35.0 Å². The number of carbonyl (C=O) groups excluding carboxylic acids is 1. The molecule has 0 saturated heterocycles. The first kappa shape index (κ1) is 19.0. The number of amides is 1. The highest BCUT2D eigenvalue weighted by molar-refractivity contribution is 6.30. The van der Waals surface area contributed by atoms with Crippen molar-refractivity contribution in [3.8, 4) is 5.75 Å². The number of aryl methyl sites for hydroxylation is 1. The van der Waals surface area contributed by atoms with Gasteiger partial charge < -0.3 is 15.0 Å². The molecule has 3 aromatic rings. The van der Waals surface area contributed by atoms with Crippen LogP contribution in [-0.2, 0) is 11.3 Å². The average molecular weight is 384 g/mol. The molecule has 0 spiro atoms. The van der Waals surface area contributed by atoms with Gasteiger partial charge in [0.25, 0.3) is 0 Å². The van der Waals surface area contributed by atoms with E-state index in [1.54, 1.807) is 42.4 Å². The number of H-pyrrole nitrogens is 1. The lowest BCUT2D eigenvalue weighted by Crippen LogP contribution is -2.28. The molecule has 0 bridgehead atoms. The first-order chi connectivity index (χ1) is 12.9. The molecule has 27 heavy (non-hydrogen) atoms. The Hall–Kier alpha value is -2.79. The van der Waals surface area contributed by atoms with E-state index in [1.165, 1.54) is 0 Å². The maximum Gasteiger partial charge on any atom is 0.223 e. The van der Waals surface area contributed by atoms with Crippen molar-refractivity contribution >= 4 is 17.5 Å². The van der Waals surface area contributed by atoms with Crippen LogP contribution in [0.4, 0.5) is 0 Å². The first-order valence-electron chi connectivity index (χ1n) is 8.71. The zero-order valence-electron chi connectivity index (χ0n) is 15.3. The summed E-state index contributed by atoms with van der Waals surface area (Å²) in [5, 5.41) is 10.5. The van der Waals surface area contributed by atoms with Crippen LogP contribution in [0.3, 0.4) is 0 Å². The van der Waals surface area contributed by atoms with Gasteiger partial charge in [-0.25, -0.2) is 4.98 Å². The summed E-state index contributed by atoms with van der Waals surface area (Å²) in [6.07, 6.45) is 2.01. The molecule has 0 saturated carbocycles. The van der Waals surface area contributed by atoms with Crippen molar-refractivity contribution in [1.29, 1.82) is 0 Å². The molecule has 1 atom stereocenters. The van der Waals surface area contributed by atoms with Gasteiger partial charge in [-0.05, 0) is 42.3 Å². The topological polar surface area (TPSA) is 69.2 Å². The molecule has 1 heterocycles. The Balaban J connectivity index is 1.83. The molecule has 6 heteroatoms. The number of benzene rings is 2. The monoisotopic (exact) mass is 383 g/mol. The Labute approximate surface area is 163 Å². The van der Waals surface area contributed by atoms with Crippen molar-refractivity contribution in [2.75, 3.05) is 7.05 Å². The van der Waals surface area contributed by atoms with Crippen molar-refractivity contribution in [3.05, 3.63) is 82.4 Å². The number of nitrogens with zero attached hydrogens (tertiary/aromatic N) is 2. The van der Waals surface area contributed by atoms with Crippen LogP contribution in [-0.4, -0.2) is 32.9 Å². The van der Waals surface area contributed by atoms with Gasteiger partial charge in [0.15, 0.2) is 0 Å². The molecule has 2 aromatic carbocycles. The largest absolute Gasteiger partial charge is 0.508 e. The molecule has 0 aliphatic heterocycles. The number of nitrogens with one attached hydrogen (secondary N) is 1. The lowest BCUT2D eigenvalue weighted by molar-refractivity contribution is -0.130. The summed E-state index contributed by atoms with van der Waals surface area (Å²) in [7, 11) is 1.76. The van der Waals surface area contributed by atoms with Gasteiger partial charge >= 0.3 is 0 Å². The number of aromatic amines is 1. The molecule has 0 aliphatic carbocycles. The lowest BCUT2D eigenvalue weighted by atomic mass is 9.88. The van der Waals surface area contributed by atoms with Crippen molar-refractivity contribution < 1.29 is 9.90 Å². The van der Waals surface area contributed by atoms with E-state index in [9.17, 15) is 9.90 Å². The molecule has 1 aromatic heterocycles. The maximum absolute atomic E-state index is 12.9. The highest BCUT2D eigenvalue weighted by atomic mass is 35.5. The standard InChI is InChI=1S/C21H22ClN3O2/c1-14-12-23-20(24-14)13-25(2)21(27)11-19(15-5-3-7-17(22)9-15)16-6-4-8-18(26)10-16/h3-10,12,19,26H,11,13H2,1-2H3,(H,23,24). The van der Waals surface area contributed by atoms with E-state index in [4.69, 9.17) is 11.6 Å². The molecule has 0 fully saturated rings. The van der Waals surface area contributed by atoms with Gasteiger partial charge in [-0.15, -0.1) is 0 Å². The van der Waals surface area contributed by atoms with Gasteiger partial charge in [-0.3, -0.25) is 4.79 Å². The van der Waals surface area contributed by atoms with Crippen LogP contribution in [0.25, 0.3) is 0 Å². The fourth-order valence-corrected chi connectivity index (χ4v) is 3.28. The van der Waals surface area contributed by atoms with E-state index in [0.717, 1.165) is 22.6 Å². The minimum Gasteiger partial charge on any atom is -0.508 e. The van der Waals surface area contributed by atoms with E-state index in [2.05, 4.69) is 9.97 Å². The van der Waals surface area contributed by atoms with E-state index >= 15 is 0 Å². The number of hydrogen-bond acceptors (Lipinski definition) is 3. The van der Waals surface area contributed by atoms with Gasteiger partial charge in [0.2, 0.25) is 5.91 Å². The van der Waals surface area contributed by atoms with Gasteiger partial charge in [0.05, 0.1) is 6.54 Å². The van der Waals surface area contributed by atoms with Gasteiger partial charge in [0, 0.05) is 36.3 Å². The predicted octanol–water partition coefficient (Wildman–Crippen LogP) is 4.26. The van der Waals surface area contributed by atoms with Crippen molar-refractivity contribution in [3.63, 3.8) is 0 Å². The van der Waals surface area contributed by atoms with Crippen LogP contribution in [0.5, 0.6) is 5.75 Å². The summed E-state index contributed by atoms with van der Waals surface area (Å²) in [4.78, 5) is 21.9. The number of phenolic OH excluding ortho intramolecular Hbond substituents is 1. The Bertz CT molecular complexity index is 893. The zero-order chi connectivity index (χ0) is 19.4. The summed E-state index contributed by atoms with van der Waals surface area (Å²) in [6, 6.07) is 14.5. The predicted molar refractivity (Wildman–Crippen MR) is 106 cm³/mol. The van der Waals surface area contributed by atoms with Gasteiger partial charge in [-0.1, -0.05) is 35.9 Å². The fraction of sp³-hybridized carbons (Fsp3) is 0.238. The number of hydrogen-bond donors (Lipinski definition) is 2. The number of aromatic nitrogens is 2. The third-order valence-electron chi connectivity index (χ3n) is 4.47. The molecule has 0 radical (unpaired) electrons. The van der Waals surface area contributed by atoms with Crippen LogP contribution in [0, 0.1) is 6.92 Å². The van der Waals surface area contributed by atoms with E-state index < -0.39 is 0 Å². The Morgan fingerprint density at radius 2 is 1.93 bits per heavy atom. The summed E-state index contributed by atoms with van der Waals surface area (Å²) in [6.45, 7) is 2.34. The number of rotatable bonds is 6. The number of phenols is 1. The highest BCUT2D eigenvalue weighted by Gasteiger charge is 2.22. The van der Waals surface area contributed by atoms with Crippen molar-refractivity contribution in [1.82, 2.24) is 14.9 Å². The van der Waals surface area contributed by atoms with Crippen LogP contribution in [0.2, 0.25) is 5.02 Å². The number of halogens is 1. The summed E-state index contributed by atoms with van der Waals surface area (Å²) < 4.78 is 0. The highest BCUT2D eigenvalue weighted by Crippen LogP contribution is 2.32. The quantitative estimate of drug-likeness (QED) is 0.668. The fourth-order valence-electron chi connectivity index (χ4n) is 3.08. The molecule has 140 valence electrons. The zero-order valence-corrected chi connectivity index (χ0v) is 16.1. The molecule has 1 unspecified atom stereocenters. The smallest absolute Gasteiger partial charge is 0.223 e. The number of aromatic hydroxyl groups is 1. The molecule has 1 amide bonds. The van der Waals surface area contributed by atoms with E-state index in [0.29, 0.717) is 11.6 Å². The second-order valence-electron chi connectivity index (χ2n) is 6.67. The van der Waals surface area contributed by atoms with Crippen LogP contribution in [0.15, 0.2) is 54.7 Å². The third-order valence-corrected chi connectivity index (χ3v) is 4.71. The minimum absolute atomic E-state index is 0.0163. The summed E-state index contributed by atoms with van der Waals surface area (Å²) in [5.74, 6) is 0.702. The van der Waals surface area contributed by atoms with Crippen molar-refractivity contribution in [2.24, 2.45) is 0 Å². The van der Waals surface area contributed by atoms with E-state index in [-0.39, 0.29) is 24.0 Å². The number of carbonyl (C=O) groups is 1. The molecular formula is C21H22ClN3O2. The SMILES string of the molecule is Cc1cnc(CN(C)C(=O)CC(c2cccc(O)c2)c2cccc(Cl)c2)[nH]1. The molecule has 0 aliphatic rings. The van der Waals surface area contributed by atoms with Gasteiger partial charge in [-0.2, -0.15) is 0 Å². The second kappa shape index (κ2) is 8.27. The second-order valence-corrected chi connectivity index (χ2v) is 7.11. The first-order valence-corrected chi connectivity index (χ1v) is 9.09. The summed E-state index contributed by atoms with van der Waals surface area (Å²) in [5.41, 5.74) is 2.76.